The highest BCUT2D eigenvalue weighted by molar-refractivity contribution is 5.91. The maximum Gasteiger partial charge on any atom is 0.246 e. The lowest BCUT2D eigenvalue weighted by atomic mass is 10.1. The monoisotopic (exact) mass is 443 g/mol. The van der Waals surface area contributed by atoms with E-state index in [-0.39, 0.29) is 11.9 Å². The quantitative estimate of drug-likeness (QED) is 0.415. The number of amides is 1. The van der Waals surface area contributed by atoms with E-state index < -0.39 is 5.82 Å². The molecule has 2 aromatic heterocycles. The maximum absolute atomic E-state index is 15.2. The van der Waals surface area contributed by atoms with Gasteiger partial charge >= 0.3 is 0 Å². The summed E-state index contributed by atoms with van der Waals surface area (Å²) in [7, 11) is 0. The zero-order chi connectivity index (χ0) is 22.8. The second-order valence-corrected chi connectivity index (χ2v) is 7.89. The van der Waals surface area contributed by atoms with Gasteiger partial charge in [0.15, 0.2) is 5.65 Å². The molecule has 3 heterocycles. The van der Waals surface area contributed by atoms with Crippen molar-refractivity contribution in [3.05, 3.63) is 79.5 Å². The fraction of sp³-hybridized carbons (Fsp3) is 0.200. The molecule has 0 saturated carbocycles. The van der Waals surface area contributed by atoms with Crippen LogP contribution < -0.4 is 4.74 Å². The summed E-state index contributed by atoms with van der Waals surface area (Å²) >= 11 is 0. The Balaban J connectivity index is 1.50. The fourth-order valence-electron chi connectivity index (χ4n) is 4.19. The second kappa shape index (κ2) is 8.82. The Morgan fingerprint density at radius 2 is 2.03 bits per heavy atom. The van der Waals surface area contributed by atoms with Crippen LogP contribution in [0.2, 0.25) is 0 Å². The van der Waals surface area contributed by atoms with Gasteiger partial charge in [-0.15, -0.1) is 0 Å². The molecule has 2 aromatic carbocycles. The highest BCUT2D eigenvalue weighted by Crippen LogP contribution is 2.34. The third kappa shape index (κ3) is 4.07. The van der Waals surface area contributed by atoms with Crippen molar-refractivity contribution in [2.24, 2.45) is 0 Å². The molecule has 1 aliphatic rings. The molecule has 4 aromatic rings. The van der Waals surface area contributed by atoms with Crippen molar-refractivity contribution >= 4 is 16.9 Å². The molecule has 0 aliphatic carbocycles. The molecule has 0 radical (unpaired) electrons. The molecule has 1 unspecified atom stereocenters. The number of para-hydroxylation sites is 1. The van der Waals surface area contributed by atoms with Crippen molar-refractivity contribution in [2.45, 2.75) is 18.9 Å². The summed E-state index contributed by atoms with van der Waals surface area (Å²) in [4.78, 5) is 22.4. The van der Waals surface area contributed by atoms with Crippen LogP contribution in [0.25, 0.3) is 22.3 Å². The van der Waals surface area contributed by atoms with E-state index in [4.69, 9.17) is 9.84 Å². The van der Waals surface area contributed by atoms with E-state index in [2.05, 4.69) is 16.5 Å². The summed E-state index contributed by atoms with van der Waals surface area (Å²) in [6.07, 6.45) is 6.10. The molecule has 1 aliphatic heterocycles. The minimum absolute atomic E-state index is 0.0717. The average Bonchev–Trinajstić information content (AvgIpc) is 3.24. The molecular formula is C25H22FN5O2. The molecule has 7 nitrogen and oxygen atoms in total. The molecule has 5 rings (SSSR count). The third-order valence-electron chi connectivity index (χ3n) is 5.77. The van der Waals surface area contributed by atoms with Crippen molar-refractivity contribution < 1.29 is 13.9 Å². The van der Waals surface area contributed by atoms with Crippen LogP contribution in [0.5, 0.6) is 11.5 Å². The summed E-state index contributed by atoms with van der Waals surface area (Å²) in [5, 5.41) is 5.40. The predicted molar refractivity (Wildman–Crippen MR) is 122 cm³/mol. The summed E-state index contributed by atoms with van der Waals surface area (Å²) < 4.78 is 22.7. The van der Waals surface area contributed by atoms with Crippen LogP contribution in [0.3, 0.4) is 0 Å². The highest BCUT2D eigenvalue weighted by atomic mass is 19.1. The van der Waals surface area contributed by atoms with Crippen molar-refractivity contribution in [1.29, 1.82) is 0 Å². The Morgan fingerprint density at radius 3 is 2.82 bits per heavy atom. The third-order valence-corrected chi connectivity index (χ3v) is 5.77. The van der Waals surface area contributed by atoms with Gasteiger partial charge in [-0.25, -0.2) is 19.0 Å². The number of benzene rings is 2. The number of piperidine rings is 1. The molecule has 1 amide bonds. The average molecular weight is 443 g/mol. The van der Waals surface area contributed by atoms with E-state index in [1.165, 1.54) is 18.5 Å². The smallest absolute Gasteiger partial charge is 0.246 e. The van der Waals surface area contributed by atoms with Crippen LogP contribution in [0.15, 0.2) is 73.7 Å². The molecule has 0 spiro atoms. The summed E-state index contributed by atoms with van der Waals surface area (Å²) in [5.41, 5.74) is 1.41. The summed E-state index contributed by atoms with van der Waals surface area (Å²) in [6, 6.07) is 13.9. The van der Waals surface area contributed by atoms with Crippen LogP contribution in [0, 0.1) is 5.82 Å². The van der Waals surface area contributed by atoms with Crippen LogP contribution in [0.4, 0.5) is 4.39 Å². The second-order valence-electron chi connectivity index (χ2n) is 7.89. The van der Waals surface area contributed by atoms with Gasteiger partial charge in [-0.05, 0) is 43.2 Å². The van der Waals surface area contributed by atoms with E-state index >= 15 is 4.39 Å². The number of hydrogen-bond acceptors (Lipinski definition) is 5. The van der Waals surface area contributed by atoms with Gasteiger partial charge in [-0.3, -0.25) is 4.79 Å². The Labute approximate surface area is 190 Å². The number of carbonyl (C=O) groups excluding carboxylic acids is 1. The van der Waals surface area contributed by atoms with Gasteiger partial charge in [0.25, 0.3) is 0 Å². The molecule has 166 valence electrons. The highest BCUT2D eigenvalue weighted by Gasteiger charge is 2.27. The van der Waals surface area contributed by atoms with Gasteiger partial charge in [0, 0.05) is 30.9 Å². The number of nitrogens with zero attached hydrogens (tertiary/aromatic N) is 5. The zero-order valence-electron chi connectivity index (χ0n) is 17.9. The lowest BCUT2D eigenvalue weighted by Crippen LogP contribution is -2.40. The number of halogens is 1. The van der Waals surface area contributed by atoms with Crippen molar-refractivity contribution in [1.82, 2.24) is 24.6 Å². The van der Waals surface area contributed by atoms with Crippen LogP contribution in [-0.4, -0.2) is 43.6 Å². The summed E-state index contributed by atoms with van der Waals surface area (Å²) in [6.45, 7) is 4.76. The maximum atomic E-state index is 15.2. The van der Waals surface area contributed by atoms with Crippen molar-refractivity contribution in [3.8, 4) is 22.8 Å². The minimum atomic E-state index is -0.453. The fourth-order valence-corrected chi connectivity index (χ4v) is 4.19. The van der Waals surface area contributed by atoms with Gasteiger partial charge in [-0.2, -0.15) is 5.10 Å². The SMILES string of the molecule is C=CC(=O)N1CCCC(n2nc(-c3ccc(Oc4ccccc4)cc3F)c3cncnc32)C1. The lowest BCUT2D eigenvalue weighted by molar-refractivity contribution is -0.127. The first kappa shape index (κ1) is 20.8. The van der Waals surface area contributed by atoms with Crippen molar-refractivity contribution in [2.75, 3.05) is 13.1 Å². The van der Waals surface area contributed by atoms with Gasteiger partial charge in [-0.1, -0.05) is 24.8 Å². The summed E-state index contributed by atoms with van der Waals surface area (Å²) in [5.74, 6) is 0.467. The molecule has 1 atom stereocenters. The standard InChI is InChI=1S/C25H22FN5O2/c1-2-23(32)30-12-6-7-17(15-30)31-25-21(14-27-16-28-25)24(29-31)20-11-10-19(13-22(20)26)33-18-8-4-3-5-9-18/h2-5,8-11,13-14,16-17H,1,6-7,12,15H2. The molecular weight excluding hydrogens is 421 g/mol. The van der Waals surface area contributed by atoms with E-state index in [1.54, 1.807) is 27.9 Å². The Bertz CT molecular complexity index is 1320. The largest absolute Gasteiger partial charge is 0.457 e. The number of rotatable bonds is 5. The van der Waals surface area contributed by atoms with Gasteiger partial charge in [0.2, 0.25) is 5.91 Å². The van der Waals surface area contributed by atoms with E-state index in [9.17, 15) is 4.79 Å². The first-order chi connectivity index (χ1) is 16.1. The normalized spacial score (nSPS) is 16.0. The Morgan fingerprint density at radius 1 is 1.18 bits per heavy atom. The number of hydrogen-bond donors (Lipinski definition) is 0. The topological polar surface area (TPSA) is 73.1 Å². The van der Waals surface area contributed by atoms with Crippen LogP contribution >= 0.6 is 0 Å². The minimum Gasteiger partial charge on any atom is -0.457 e. The zero-order valence-corrected chi connectivity index (χ0v) is 17.9. The lowest BCUT2D eigenvalue weighted by Gasteiger charge is -2.32. The van der Waals surface area contributed by atoms with E-state index in [1.807, 2.05) is 30.3 Å². The number of carbonyl (C=O) groups is 1. The first-order valence-electron chi connectivity index (χ1n) is 10.8. The molecule has 0 N–H and O–H groups in total. The van der Waals surface area contributed by atoms with Gasteiger partial charge in [0.05, 0.1) is 11.4 Å². The van der Waals surface area contributed by atoms with Crippen molar-refractivity contribution in [3.63, 3.8) is 0 Å². The number of ether oxygens (including phenoxy) is 1. The Kier molecular flexibility index (Phi) is 5.56. The van der Waals surface area contributed by atoms with Gasteiger partial charge < -0.3 is 9.64 Å². The van der Waals surface area contributed by atoms with Crippen LogP contribution in [0.1, 0.15) is 18.9 Å². The van der Waals surface area contributed by atoms with E-state index in [0.717, 1.165) is 12.8 Å². The predicted octanol–water partition coefficient (Wildman–Crippen LogP) is 4.77. The van der Waals surface area contributed by atoms with Gasteiger partial charge in [0.1, 0.15) is 29.3 Å². The number of likely N-dealkylation sites (tertiary alicyclic amines) is 1. The number of fused-ring (bicyclic) bond motifs is 1. The molecule has 33 heavy (non-hydrogen) atoms. The first-order valence-corrected chi connectivity index (χ1v) is 10.8. The number of aromatic nitrogens is 4. The molecule has 1 saturated heterocycles. The molecule has 8 heteroatoms. The molecule has 0 bridgehead atoms. The Hall–Kier alpha value is -4.07. The van der Waals surface area contributed by atoms with E-state index in [0.29, 0.717) is 46.9 Å². The molecule has 1 fully saturated rings. The van der Waals surface area contributed by atoms with Crippen LogP contribution in [-0.2, 0) is 4.79 Å².